The highest BCUT2D eigenvalue weighted by molar-refractivity contribution is 7.56. The number of hydrogen-bond donors (Lipinski definition) is 2. The van der Waals surface area contributed by atoms with E-state index < -0.39 is 111 Å². The third-order valence-corrected chi connectivity index (χ3v) is 16.4. The minimum atomic E-state index is -5.18. The monoisotopic (exact) mass is 1120 g/mol. The van der Waals surface area contributed by atoms with E-state index >= 15 is 9.13 Å². The maximum Gasteiger partial charge on any atom is 0.531 e. The van der Waals surface area contributed by atoms with Crippen molar-refractivity contribution in [3.63, 3.8) is 0 Å². The number of phosphoric ester groups is 1. The van der Waals surface area contributed by atoms with Gasteiger partial charge in [0.15, 0.2) is 5.85 Å². The lowest BCUT2D eigenvalue weighted by Crippen LogP contribution is -2.36. The summed E-state index contributed by atoms with van der Waals surface area (Å²) in [5, 5.41) is 0.587. The number of aromatic nitrogens is 4. The summed E-state index contributed by atoms with van der Waals surface area (Å²) in [5.41, 5.74) is -3.51. The first-order chi connectivity index (χ1) is 36.1. The molecule has 8 rings (SSSR count). The second kappa shape index (κ2) is 23.5. The minimum absolute atomic E-state index is 0.0475. The normalized spacial score (nSPS) is 21.5. The summed E-state index contributed by atoms with van der Waals surface area (Å²) in [6, 6.07) is 27.4. The number of carbonyl (C=O) groups excluding carboxylic acids is 2. The molecule has 0 radical (unpaired) electrons. The topological polar surface area (TPSA) is 261 Å². The summed E-state index contributed by atoms with van der Waals surface area (Å²) in [7, 11) is -10.2. The zero-order valence-electron chi connectivity index (χ0n) is 41.4. The van der Waals surface area contributed by atoms with Crippen LogP contribution in [-0.4, -0.2) is 74.5 Å². The molecule has 9 atom stereocenters. The number of aromatic amines is 2. The molecule has 0 saturated carbocycles. The van der Waals surface area contributed by atoms with E-state index in [1.807, 2.05) is 0 Å². The van der Waals surface area contributed by atoms with Crippen LogP contribution < -0.4 is 31.5 Å². The van der Waals surface area contributed by atoms with Crippen LogP contribution in [0.4, 0.5) is 0 Å². The molecule has 76 heavy (non-hydrogen) atoms. The number of phosphoric acid groups is 1. The van der Waals surface area contributed by atoms with Gasteiger partial charge in [0, 0.05) is 51.8 Å². The first-order valence-corrected chi connectivity index (χ1v) is 27.4. The van der Waals surface area contributed by atoms with Crippen LogP contribution in [0.1, 0.15) is 77.9 Å². The molecule has 2 N–H and O–H groups in total. The Hall–Kier alpha value is -6.38. The quantitative estimate of drug-likeness (QED) is 0.0566. The molecule has 0 spiro atoms. The van der Waals surface area contributed by atoms with Gasteiger partial charge in [-0.15, -0.1) is 0 Å². The molecule has 25 heteroatoms. The maximum absolute atomic E-state index is 16.0. The average molecular weight is 1130 g/mol. The van der Waals surface area contributed by atoms with Gasteiger partial charge in [-0.1, -0.05) is 80.4 Å². The van der Waals surface area contributed by atoms with Crippen LogP contribution in [0.15, 0.2) is 141 Å². The van der Waals surface area contributed by atoms with Gasteiger partial charge < -0.3 is 28.0 Å². The van der Waals surface area contributed by atoms with Gasteiger partial charge in [0.25, 0.3) is 11.1 Å². The summed E-state index contributed by atoms with van der Waals surface area (Å²) in [6.45, 7) is 6.31. The highest BCUT2D eigenvalue weighted by Gasteiger charge is 2.54. The van der Waals surface area contributed by atoms with Gasteiger partial charge >= 0.3 is 38.7 Å². The second-order valence-electron chi connectivity index (χ2n) is 18.8. The highest BCUT2D eigenvalue weighted by Crippen LogP contribution is 2.65. The molecule has 0 amide bonds. The van der Waals surface area contributed by atoms with E-state index in [0.29, 0.717) is 5.02 Å². The third kappa shape index (κ3) is 13.6. The molecule has 4 heterocycles. The van der Waals surface area contributed by atoms with E-state index in [1.54, 1.807) is 57.2 Å². The van der Waals surface area contributed by atoms with Crippen molar-refractivity contribution >= 4 is 50.6 Å². The lowest BCUT2D eigenvalue weighted by atomic mass is 9.98. The average Bonchev–Trinajstić information content (AvgIpc) is 3.99. The van der Waals surface area contributed by atoms with Crippen LogP contribution >= 0.6 is 38.6 Å². The third-order valence-electron chi connectivity index (χ3n) is 12.0. The Labute approximate surface area is 444 Å². The first kappa shape index (κ1) is 55.8. The van der Waals surface area contributed by atoms with Crippen LogP contribution in [0.3, 0.4) is 0 Å². The number of esters is 2. The zero-order valence-corrected chi connectivity index (χ0v) is 44.7. The Balaban J connectivity index is 1.14. The number of nitrogens with zero attached hydrogens (tertiary/aromatic N) is 2. The second-order valence-corrected chi connectivity index (χ2v) is 23.2. The molecular formula is C51H52Cl2N4O17P2. The fourth-order valence-corrected chi connectivity index (χ4v) is 12.6. The van der Waals surface area contributed by atoms with Gasteiger partial charge in [-0.3, -0.25) is 42.3 Å². The van der Waals surface area contributed by atoms with Gasteiger partial charge in [-0.05, 0) is 86.6 Å². The predicted octanol–water partition coefficient (Wildman–Crippen LogP) is 8.92. The van der Waals surface area contributed by atoms with Crippen molar-refractivity contribution < 1.29 is 60.3 Å². The van der Waals surface area contributed by atoms with Gasteiger partial charge in [0.05, 0.1) is 24.3 Å². The summed E-state index contributed by atoms with van der Waals surface area (Å²) >= 11 is 12.4. The fourth-order valence-electron chi connectivity index (χ4n) is 8.09. The number of carbonyl (C=O) groups is 2. The molecule has 402 valence electrons. The minimum Gasteiger partial charge on any atom is -0.456 e. The molecule has 0 aliphatic carbocycles. The van der Waals surface area contributed by atoms with E-state index in [2.05, 4.69) is 9.97 Å². The zero-order chi connectivity index (χ0) is 54.5. The summed E-state index contributed by atoms with van der Waals surface area (Å²) in [5.74, 6) is -3.55. The molecule has 21 nitrogen and oxygen atoms in total. The van der Waals surface area contributed by atoms with Crippen molar-refractivity contribution in [2.75, 3.05) is 13.2 Å². The first-order valence-electron chi connectivity index (χ1n) is 23.6. The largest absolute Gasteiger partial charge is 0.531 e. The number of nitrogens with one attached hydrogen (secondary N) is 2. The van der Waals surface area contributed by atoms with Crippen molar-refractivity contribution in [2.45, 2.75) is 90.2 Å². The smallest absolute Gasteiger partial charge is 0.456 e. The summed E-state index contributed by atoms with van der Waals surface area (Å²) in [4.78, 5) is 82.4. The van der Waals surface area contributed by atoms with Gasteiger partial charge in [0.2, 0.25) is 0 Å². The molecule has 2 aromatic heterocycles. The number of halogens is 2. The van der Waals surface area contributed by atoms with Crippen LogP contribution in [0.2, 0.25) is 10.0 Å². The molecule has 2 saturated heterocycles. The van der Waals surface area contributed by atoms with Gasteiger partial charge in [0.1, 0.15) is 48.4 Å². The molecule has 2 fully saturated rings. The number of rotatable bonds is 19. The lowest BCUT2D eigenvalue weighted by molar-refractivity contribution is -0.0560. The van der Waals surface area contributed by atoms with Crippen molar-refractivity contribution in [2.24, 2.45) is 5.41 Å². The molecule has 2 aliphatic heterocycles. The standard InChI is InChI=1S/C51H52Cl2N4O17P2/c1-30-26-56(49(62)54-44(30)58)42-24-38(70-46(60)32-12-8-6-9-13-32)40(68-42)28-66-75(64,72-36-20-16-34(52)17-21-36)48(51(3,4)5)74-76(65,73-37-22-18-35(53)19-23-37)67-29-41-39(71-47(61)33-14-10-7-11-15-33)25-43(69-41)57-27-31(2)45(59)55-50(57)63/h6-23,26-27,38-43,48H,24-25,28-29H2,1-5H3,(H,54,58,62)(H,55,59,63)/t38-,39-,40+,41+,42+,43+,48?,75?,76?/m0/s1. The Morgan fingerprint density at radius 2 is 1.04 bits per heavy atom. The Morgan fingerprint density at radius 3 is 1.46 bits per heavy atom. The number of H-pyrrole nitrogens is 2. The summed E-state index contributed by atoms with van der Waals surface area (Å²) < 4.78 is 89.3. The molecular weight excluding hydrogens is 1070 g/mol. The van der Waals surface area contributed by atoms with Crippen molar-refractivity contribution in [3.8, 4) is 11.5 Å². The number of benzene rings is 4. The molecule has 2 aliphatic rings. The van der Waals surface area contributed by atoms with E-state index in [4.69, 9.17) is 64.8 Å². The van der Waals surface area contributed by atoms with E-state index in [0.717, 1.165) is 9.13 Å². The SMILES string of the molecule is Cc1cn([C@H]2C[C@H](OC(=O)c3ccccc3)[C@@H](COP(=O)(Oc3ccc(Cl)cc3)OC(C(C)(C)C)P(=O)(OC[C@H]3O[C@@H](n4cc(C)c(=O)[nH]c4=O)C[C@@H]3OC(=O)c3ccccc3)Oc3ccc(Cl)cc3)O2)c(=O)[nH]c1=O. The van der Waals surface area contributed by atoms with E-state index in [9.17, 15) is 28.8 Å². The summed E-state index contributed by atoms with van der Waals surface area (Å²) in [6.07, 6.45) is -4.94. The Kier molecular flexibility index (Phi) is 17.2. The Bertz CT molecular complexity index is 3390. The molecule has 6 aromatic rings. The van der Waals surface area contributed by atoms with Crippen molar-refractivity contribution in [1.82, 2.24) is 19.1 Å². The highest BCUT2D eigenvalue weighted by atomic mass is 35.5. The maximum atomic E-state index is 16.0. The number of aryl methyl sites for hydroxylation is 2. The van der Waals surface area contributed by atoms with Gasteiger partial charge in [-0.2, -0.15) is 0 Å². The van der Waals surface area contributed by atoms with Crippen molar-refractivity contribution in [3.05, 3.63) is 196 Å². The van der Waals surface area contributed by atoms with Crippen LogP contribution in [-0.2, 0) is 41.6 Å². The molecule has 4 aromatic carbocycles. The lowest BCUT2D eigenvalue weighted by Gasteiger charge is -2.37. The Morgan fingerprint density at radius 1 is 0.632 bits per heavy atom. The molecule has 0 bridgehead atoms. The van der Waals surface area contributed by atoms with Crippen molar-refractivity contribution in [1.29, 1.82) is 0 Å². The number of hydrogen-bond acceptors (Lipinski definition) is 17. The van der Waals surface area contributed by atoms with Crippen LogP contribution in [0, 0.1) is 19.3 Å². The molecule has 3 unspecified atom stereocenters. The fraction of sp³-hybridized carbons (Fsp3) is 0.333. The van der Waals surface area contributed by atoms with Gasteiger partial charge in [-0.25, -0.2) is 28.3 Å². The van der Waals surface area contributed by atoms with Crippen LogP contribution in [0.25, 0.3) is 0 Å². The predicted molar refractivity (Wildman–Crippen MR) is 276 cm³/mol. The number of ether oxygens (including phenoxy) is 4. The van der Waals surface area contributed by atoms with E-state index in [1.165, 1.54) is 99.0 Å². The van der Waals surface area contributed by atoms with Crippen LogP contribution in [0.5, 0.6) is 11.5 Å². The van der Waals surface area contributed by atoms with E-state index in [-0.39, 0.29) is 51.6 Å².